The van der Waals surface area contributed by atoms with Gasteiger partial charge in [0.15, 0.2) is 5.69 Å². The van der Waals surface area contributed by atoms with Gasteiger partial charge in [0.1, 0.15) is 0 Å². The van der Waals surface area contributed by atoms with Crippen LogP contribution in [-0.4, -0.2) is 44.2 Å². The van der Waals surface area contributed by atoms with E-state index in [1.54, 1.807) is 18.2 Å². The Morgan fingerprint density at radius 3 is 1.85 bits per heavy atom. The van der Waals surface area contributed by atoms with Crippen molar-refractivity contribution in [2.45, 2.75) is 6.10 Å². The number of para-hydroxylation sites is 1. The highest BCUT2D eigenvalue weighted by Gasteiger charge is 2.35. The van der Waals surface area contributed by atoms with E-state index in [4.69, 9.17) is 5.11 Å². The molecule has 0 saturated carbocycles. The number of rotatable bonds is 8. The van der Waals surface area contributed by atoms with E-state index in [2.05, 4.69) is 0 Å². The Labute approximate surface area is 151 Å². The minimum absolute atomic E-state index is 0.255. The fourth-order valence-corrected chi connectivity index (χ4v) is 2.45. The van der Waals surface area contributed by atoms with Gasteiger partial charge in [0.2, 0.25) is 0 Å². The monoisotopic (exact) mass is 378 g/mol. The maximum atomic E-state index is 11.5. The van der Waals surface area contributed by atoms with Gasteiger partial charge < -0.3 is 15.1 Å². The first-order chi connectivity index (χ1) is 12.8. The molecule has 0 radical (unpaired) electrons. The Morgan fingerprint density at radius 1 is 0.926 bits per heavy atom. The molecule has 142 valence electrons. The topological polar surface area (TPSA) is 173 Å². The third kappa shape index (κ3) is 4.31. The Balaban J connectivity index is 2.81. The highest BCUT2D eigenvalue weighted by molar-refractivity contribution is 5.83. The maximum Gasteiger partial charge on any atom is 0.306 e. The second-order valence-electron chi connectivity index (χ2n) is 5.39. The Hall–Kier alpha value is -3.64. The number of nitro benzene ring substituents is 3. The minimum atomic E-state index is -1.38. The van der Waals surface area contributed by atoms with Gasteiger partial charge in [-0.1, -0.05) is 18.2 Å². The summed E-state index contributed by atoms with van der Waals surface area (Å²) >= 11 is 0. The summed E-state index contributed by atoms with van der Waals surface area (Å²) in [4.78, 5) is 32.1. The number of non-ortho nitro benzene ring substituents is 1. The number of nitrogens with zero attached hydrogens (tertiary/aromatic N) is 4. The first kappa shape index (κ1) is 19.7. The molecule has 2 rings (SSSR count). The highest BCUT2D eigenvalue weighted by Crippen LogP contribution is 2.43. The lowest BCUT2D eigenvalue weighted by atomic mass is 10.1. The van der Waals surface area contributed by atoms with E-state index >= 15 is 0 Å². The summed E-state index contributed by atoms with van der Waals surface area (Å²) < 4.78 is 0. The zero-order valence-electron chi connectivity index (χ0n) is 13.7. The first-order valence-electron chi connectivity index (χ1n) is 7.49. The Morgan fingerprint density at radius 2 is 1.44 bits per heavy atom. The second-order valence-corrected chi connectivity index (χ2v) is 5.39. The van der Waals surface area contributed by atoms with E-state index in [1.165, 1.54) is 12.1 Å². The van der Waals surface area contributed by atoms with Crippen molar-refractivity contribution in [1.82, 2.24) is 0 Å². The number of aliphatic hydroxyl groups is 2. The van der Waals surface area contributed by atoms with Crippen LogP contribution in [0.2, 0.25) is 0 Å². The zero-order chi connectivity index (χ0) is 20.1. The lowest BCUT2D eigenvalue weighted by Gasteiger charge is -2.26. The molecule has 0 aromatic heterocycles. The van der Waals surface area contributed by atoms with E-state index in [0.717, 1.165) is 4.90 Å². The van der Waals surface area contributed by atoms with Crippen molar-refractivity contribution in [3.05, 3.63) is 72.8 Å². The summed E-state index contributed by atoms with van der Waals surface area (Å²) in [6.07, 6.45) is -1.38. The third-order valence-corrected chi connectivity index (χ3v) is 3.60. The van der Waals surface area contributed by atoms with Crippen LogP contribution >= 0.6 is 0 Å². The SMILES string of the molecule is O=[N+]([O-])c1cc([N+](=O)[O-])c(N(C[C@@H](O)CO)c2ccccc2)c([N+](=O)[O-])c1. The Kier molecular flexibility index (Phi) is 5.95. The minimum Gasteiger partial charge on any atom is -0.394 e. The van der Waals surface area contributed by atoms with Crippen molar-refractivity contribution in [2.24, 2.45) is 0 Å². The molecule has 27 heavy (non-hydrogen) atoms. The molecule has 2 aromatic carbocycles. The molecule has 0 aliphatic heterocycles. The zero-order valence-corrected chi connectivity index (χ0v) is 13.7. The van der Waals surface area contributed by atoms with Crippen LogP contribution in [0.1, 0.15) is 0 Å². The quantitative estimate of drug-likeness (QED) is 0.513. The van der Waals surface area contributed by atoms with Gasteiger partial charge in [0.25, 0.3) is 5.69 Å². The molecule has 0 aliphatic carbocycles. The third-order valence-electron chi connectivity index (χ3n) is 3.60. The Bertz CT molecular complexity index is 838. The normalized spacial score (nSPS) is 11.6. The summed E-state index contributed by atoms with van der Waals surface area (Å²) in [6.45, 7) is -1.11. The van der Waals surface area contributed by atoms with Crippen molar-refractivity contribution in [1.29, 1.82) is 0 Å². The lowest BCUT2D eigenvalue weighted by Crippen LogP contribution is -2.31. The number of benzene rings is 2. The fraction of sp³-hybridized carbons (Fsp3) is 0.200. The molecular formula is C15H14N4O8. The average Bonchev–Trinajstić information content (AvgIpc) is 2.65. The molecule has 0 spiro atoms. The number of hydrogen-bond donors (Lipinski definition) is 2. The number of hydrogen-bond acceptors (Lipinski definition) is 9. The number of anilines is 2. The van der Waals surface area contributed by atoms with Crippen LogP contribution in [0.5, 0.6) is 0 Å². The van der Waals surface area contributed by atoms with Gasteiger partial charge in [0.05, 0.1) is 46.2 Å². The van der Waals surface area contributed by atoms with Gasteiger partial charge in [-0.15, -0.1) is 0 Å². The van der Waals surface area contributed by atoms with Gasteiger partial charge in [-0.25, -0.2) is 0 Å². The van der Waals surface area contributed by atoms with Gasteiger partial charge in [-0.3, -0.25) is 30.3 Å². The van der Waals surface area contributed by atoms with Gasteiger partial charge in [-0.2, -0.15) is 0 Å². The maximum absolute atomic E-state index is 11.5. The van der Waals surface area contributed by atoms with Gasteiger partial charge in [0, 0.05) is 5.69 Å². The number of nitro groups is 3. The smallest absolute Gasteiger partial charge is 0.306 e. The molecule has 0 unspecified atom stereocenters. The molecule has 2 N–H and O–H groups in total. The van der Waals surface area contributed by atoms with Crippen molar-refractivity contribution in [2.75, 3.05) is 18.1 Å². The van der Waals surface area contributed by atoms with Crippen LogP contribution in [0.25, 0.3) is 0 Å². The molecule has 0 amide bonds. The average molecular weight is 378 g/mol. The van der Waals surface area contributed by atoms with E-state index in [9.17, 15) is 35.4 Å². The molecule has 0 bridgehead atoms. The summed E-state index contributed by atoms with van der Waals surface area (Å²) in [6, 6.07) is 8.97. The predicted octanol–water partition coefficient (Wildman–Crippen LogP) is 1.90. The molecule has 2 aromatic rings. The lowest BCUT2D eigenvalue weighted by molar-refractivity contribution is -0.402. The summed E-state index contributed by atoms with van der Waals surface area (Å²) in [5, 5.41) is 52.9. The first-order valence-corrected chi connectivity index (χ1v) is 7.49. The van der Waals surface area contributed by atoms with E-state index < -0.39 is 56.8 Å². The summed E-state index contributed by atoms with van der Waals surface area (Å²) in [7, 11) is 0. The van der Waals surface area contributed by atoms with Crippen LogP contribution in [0.3, 0.4) is 0 Å². The van der Waals surface area contributed by atoms with Crippen molar-refractivity contribution < 1.29 is 25.0 Å². The van der Waals surface area contributed by atoms with E-state index in [-0.39, 0.29) is 5.69 Å². The van der Waals surface area contributed by atoms with Crippen LogP contribution in [0, 0.1) is 30.3 Å². The van der Waals surface area contributed by atoms with Crippen LogP contribution < -0.4 is 4.90 Å². The molecule has 0 heterocycles. The van der Waals surface area contributed by atoms with Crippen molar-refractivity contribution >= 4 is 28.4 Å². The second kappa shape index (κ2) is 8.16. The molecule has 12 nitrogen and oxygen atoms in total. The summed E-state index contributed by atoms with van der Waals surface area (Å²) in [5.41, 5.74) is -2.83. The molecule has 0 aliphatic rings. The number of aliphatic hydroxyl groups excluding tert-OH is 2. The molecule has 0 saturated heterocycles. The van der Waals surface area contributed by atoms with Crippen LogP contribution in [-0.2, 0) is 0 Å². The van der Waals surface area contributed by atoms with Gasteiger partial charge in [-0.05, 0) is 12.1 Å². The molecule has 12 heteroatoms. The van der Waals surface area contributed by atoms with Crippen LogP contribution in [0.4, 0.5) is 28.4 Å². The standard InChI is InChI=1S/C15H14N4O8/c20-9-12(21)8-16(10-4-2-1-3-5-10)15-13(18(24)25)6-11(17(22)23)7-14(15)19(26)27/h1-7,12,20-21H,8-9H2/t12-/m1/s1. The molecular weight excluding hydrogens is 364 g/mol. The summed E-state index contributed by atoms with van der Waals surface area (Å²) in [5.74, 6) is 0. The van der Waals surface area contributed by atoms with Crippen molar-refractivity contribution in [3.8, 4) is 0 Å². The molecule has 0 fully saturated rings. The van der Waals surface area contributed by atoms with E-state index in [1.807, 2.05) is 0 Å². The highest BCUT2D eigenvalue weighted by atomic mass is 16.6. The fourth-order valence-electron chi connectivity index (χ4n) is 2.45. The largest absolute Gasteiger partial charge is 0.394 e. The molecule has 1 atom stereocenters. The predicted molar refractivity (Wildman–Crippen MR) is 92.9 cm³/mol. The van der Waals surface area contributed by atoms with Crippen molar-refractivity contribution in [3.63, 3.8) is 0 Å². The van der Waals surface area contributed by atoms with E-state index in [0.29, 0.717) is 12.1 Å². The van der Waals surface area contributed by atoms with Crippen LogP contribution in [0.15, 0.2) is 42.5 Å². The van der Waals surface area contributed by atoms with Gasteiger partial charge >= 0.3 is 11.4 Å².